The smallest absolute Gasteiger partial charge is 0.159 e. The van der Waals surface area contributed by atoms with Crippen LogP contribution in [0, 0.1) is 5.82 Å². The van der Waals surface area contributed by atoms with Crippen molar-refractivity contribution in [1.82, 2.24) is 15.5 Å². The molecule has 6 heteroatoms. The molecule has 2 heterocycles. The minimum absolute atomic E-state index is 0.0334. The van der Waals surface area contributed by atoms with E-state index < -0.39 is 0 Å². The predicted molar refractivity (Wildman–Crippen MR) is 96.0 cm³/mol. The Morgan fingerprint density at radius 1 is 1.08 bits per heavy atom. The molecule has 1 aromatic heterocycles. The molecular formula is C19H19FN4O. The minimum atomic E-state index is -0.270. The molecular weight excluding hydrogens is 319 g/mol. The van der Waals surface area contributed by atoms with Crippen LogP contribution < -0.4 is 10.2 Å². The number of benzene rings is 2. The fourth-order valence-electron chi connectivity index (χ4n) is 3.28. The van der Waals surface area contributed by atoms with Gasteiger partial charge in [0.25, 0.3) is 0 Å². The summed E-state index contributed by atoms with van der Waals surface area (Å²) >= 11 is 0. The van der Waals surface area contributed by atoms with Gasteiger partial charge in [-0.3, -0.25) is 0 Å². The van der Waals surface area contributed by atoms with Crippen molar-refractivity contribution in [1.29, 1.82) is 0 Å². The molecule has 1 saturated heterocycles. The Kier molecular flexibility index (Phi) is 4.29. The SMILES string of the molecule is OC[C@@H]1CN(c2nnc(-c3ccc(F)cc3)c3ccccc23)CCN1. The lowest BCUT2D eigenvalue weighted by Gasteiger charge is -2.34. The lowest BCUT2D eigenvalue weighted by molar-refractivity contribution is 0.235. The number of aliphatic hydroxyl groups is 1. The zero-order valence-electron chi connectivity index (χ0n) is 13.7. The molecule has 25 heavy (non-hydrogen) atoms. The first-order valence-corrected chi connectivity index (χ1v) is 8.37. The van der Waals surface area contributed by atoms with Crippen molar-refractivity contribution in [3.05, 3.63) is 54.3 Å². The van der Waals surface area contributed by atoms with Crippen LogP contribution in [0.2, 0.25) is 0 Å². The zero-order valence-corrected chi connectivity index (χ0v) is 13.7. The first-order chi connectivity index (χ1) is 12.3. The predicted octanol–water partition coefficient (Wildman–Crippen LogP) is 2.21. The van der Waals surface area contributed by atoms with E-state index in [4.69, 9.17) is 0 Å². The van der Waals surface area contributed by atoms with Crippen LogP contribution in [0.1, 0.15) is 0 Å². The van der Waals surface area contributed by atoms with Crippen molar-refractivity contribution in [2.75, 3.05) is 31.1 Å². The van der Waals surface area contributed by atoms with Crippen LogP contribution in [-0.2, 0) is 0 Å². The number of hydrogen-bond acceptors (Lipinski definition) is 5. The second-order valence-corrected chi connectivity index (χ2v) is 6.20. The summed E-state index contributed by atoms with van der Waals surface area (Å²) in [7, 11) is 0. The fourth-order valence-corrected chi connectivity index (χ4v) is 3.28. The summed E-state index contributed by atoms with van der Waals surface area (Å²) in [5.74, 6) is 0.551. The number of nitrogens with one attached hydrogen (secondary N) is 1. The van der Waals surface area contributed by atoms with Crippen LogP contribution >= 0.6 is 0 Å². The van der Waals surface area contributed by atoms with Gasteiger partial charge in [0.1, 0.15) is 11.5 Å². The summed E-state index contributed by atoms with van der Waals surface area (Å²) in [6.07, 6.45) is 0. The Labute approximate surface area is 145 Å². The van der Waals surface area contributed by atoms with E-state index in [9.17, 15) is 9.50 Å². The second-order valence-electron chi connectivity index (χ2n) is 6.20. The molecule has 2 N–H and O–H groups in total. The summed E-state index contributed by atoms with van der Waals surface area (Å²) in [5.41, 5.74) is 1.58. The van der Waals surface area contributed by atoms with Crippen LogP contribution in [0.3, 0.4) is 0 Å². The van der Waals surface area contributed by atoms with Gasteiger partial charge in [0.05, 0.1) is 6.61 Å². The van der Waals surface area contributed by atoms with Gasteiger partial charge in [0, 0.05) is 42.0 Å². The standard InChI is InChI=1S/C19H19FN4O/c20-14-7-5-13(6-8-14)18-16-3-1-2-4-17(16)19(23-22-18)24-10-9-21-15(11-24)12-25/h1-8,15,21,25H,9-12H2/t15-/m0/s1. The van der Waals surface area contributed by atoms with Crippen LogP contribution in [0.15, 0.2) is 48.5 Å². The molecule has 1 aliphatic heterocycles. The van der Waals surface area contributed by atoms with Gasteiger partial charge in [-0.1, -0.05) is 24.3 Å². The van der Waals surface area contributed by atoms with Crippen molar-refractivity contribution < 1.29 is 9.50 Å². The number of anilines is 1. The lowest BCUT2D eigenvalue weighted by atomic mass is 10.0. The number of hydrogen-bond donors (Lipinski definition) is 2. The van der Waals surface area contributed by atoms with Crippen molar-refractivity contribution in [3.63, 3.8) is 0 Å². The third-order valence-corrected chi connectivity index (χ3v) is 4.56. The average Bonchev–Trinajstić information content (AvgIpc) is 2.68. The van der Waals surface area contributed by atoms with E-state index in [0.29, 0.717) is 6.54 Å². The molecule has 0 saturated carbocycles. The monoisotopic (exact) mass is 338 g/mol. The number of fused-ring (bicyclic) bond motifs is 1. The van der Waals surface area contributed by atoms with Gasteiger partial charge in [0.15, 0.2) is 5.82 Å². The molecule has 0 unspecified atom stereocenters. The minimum Gasteiger partial charge on any atom is -0.395 e. The van der Waals surface area contributed by atoms with Gasteiger partial charge in [-0.15, -0.1) is 10.2 Å². The van der Waals surface area contributed by atoms with Crippen LogP contribution in [0.4, 0.5) is 10.2 Å². The topological polar surface area (TPSA) is 61.3 Å². The van der Waals surface area contributed by atoms with E-state index in [1.54, 1.807) is 12.1 Å². The van der Waals surface area contributed by atoms with E-state index in [0.717, 1.165) is 40.9 Å². The number of halogens is 1. The number of nitrogens with zero attached hydrogens (tertiary/aromatic N) is 3. The summed E-state index contributed by atoms with van der Waals surface area (Å²) in [4.78, 5) is 2.15. The largest absolute Gasteiger partial charge is 0.395 e. The summed E-state index contributed by atoms with van der Waals surface area (Å²) in [6.45, 7) is 2.38. The summed E-state index contributed by atoms with van der Waals surface area (Å²) in [5, 5.41) is 23.6. The summed E-state index contributed by atoms with van der Waals surface area (Å²) < 4.78 is 13.2. The van der Waals surface area contributed by atoms with Gasteiger partial charge >= 0.3 is 0 Å². The van der Waals surface area contributed by atoms with E-state index in [1.807, 2.05) is 24.3 Å². The highest BCUT2D eigenvalue weighted by molar-refractivity contribution is 6.00. The second kappa shape index (κ2) is 6.74. The molecule has 2 aromatic carbocycles. The van der Waals surface area contributed by atoms with Gasteiger partial charge in [-0.05, 0) is 24.3 Å². The van der Waals surface area contributed by atoms with Gasteiger partial charge < -0.3 is 15.3 Å². The van der Waals surface area contributed by atoms with E-state index in [2.05, 4.69) is 20.4 Å². The Hall–Kier alpha value is -2.57. The maximum absolute atomic E-state index is 13.2. The number of aromatic nitrogens is 2. The maximum atomic E-state index is 13.2. The van der Waals surface area contributed by atoms with Crippen molar-refractivity contribution >= 4 is 16.6 Å². The molecule has 0 amide bonds. The molecule has 4 rings (SSSR count). The van der Waals surface area contributed by atoms with Crippen molar-refractivity contribution in [3.8, 4) is 11.3 Å². The van der Waals surface area contributed by atoms with Gasteiger partial charge in [0.2, 0.25) is 0 Å². The molecule has 0 spiro atoms. The fraction of sp³-hybridized carbons (Fsp3) is 0.263. The highest BCUT2D eigenvalue weighted by Crippen LogP contribution is 2.31. The van der Waals surface area contributed by atoms with E-state index in [-0.39, 0.29) is 18.5 Å². The van der Waals surface area contributed by atoms with Gasteiger partial charge in [-0.2, -0.15) is 0 Å². The van der Waals surface area contributed by atoms with Crippen molar-refractivity contribution in [2.45, 2.75) is 6.04 Å². The quantitative estimate of drug-likeness (QED) is 0.767. The number of rotatable bonds is 3. The van der Waals surface area contributed by atoms with Crippen LogP contribution in [-0.4, -0.2) is 47.6 Å². The molecule has 0 radical (unpaired) electrons. The number of piperazine rings is 1. The normalized spacial score (nSPS) is 17.8. The third kappa shape index (κ3) is 3.06. The Morgan fingerprint density at radius 2 is 1.84 bits per heavy atom. The average molecular weight is 338 g/mol. The molecule has 3 aromatic rings. The summed E-state index contributed by atoms with van der Waals surface area (Å²) in [6, 6.07) is 14.3. The van der Waals surface area contributed by atoms with E-state index >= 15 is 0 Å². The van der Waals surface area contributed by atoms with E-state index in [1.165, 1.54) is 12.1 Å². The molecule has 0 bridgehead atoms. The van der Waals surface area contributed by atoms with Gasteiger partial charge in [-0.25, -0.2) is 4.39 Å². The highest BCUT2D eigenvalue weighted by atomic mass is 19.1. The van der Waals surface area contributed by atoms with Crippen LogP contribution in [0.5, 0.6) is 0 Å². The first-order valence-electron chi connectivity index (χ1n) is 8.37. The molecule has 5 nitrogen and oxygen atoms in total. The highest BCUT2D eigenvalue weighted by Gasteiger charge is 2.22. The molecule has 1 atom stereocenters. The first kappa shape index (κ1) is 15.9. The Bertz CT molecular complexity index is 884. The molecule has 1 aliphatic rings. The van der Waals surface area contributed by atoms with Crippen molar-refractivity contribution in [2.24, 2.45) is 0 Å². The van der Waals surface area contributed by atoms with Crippen LogP contribution in [0.25, 0.3) is 22.0 Å². The molecule has 1 fully saturated rings. The third-order valence-electron chi connectivity index (χ3n) is 4.56. The molecule has 128 valence electrons. The zero-order chi connectivity index (χ0) is 17.2. The number of aliphatic hydroxyl groups excluding tert-OH is 1. The maximum Gasteiger partial charge on any atom is 0.159 e. The Balaban J connectivity index is 1.80. The lowest BCUT2D eigenvalue weighted by Crippen LogP contribution is -2.52. The molecule has 0 aliphatic carbocycles. The Morgan fingerprint density at radius 3 is 2.60 bits per heavy atom.